The topological polar surface area (TPSA) is 63.4 Å². The summed E-state index contributed by atoms with van der Waals surface area (Å²) in [6.45, 7) is 3.16. The maximum atomic E-state index is 11.6. The van der Waals surface area contributed by atoms with Gasteiger partial charge in [-0.05, 0) is 49.3 Å². The third-order valence-corrected chi connectivity index (χ3v) is 5.84. The number of nitrogens with zero attached hydrogens (tertiary/aromatic N) is 1. The van der Waals surface area contributed by atoms with Gasteiger partial charge >= 0.3 is 0 Å². The number of rotatable bonds is 4. The van der Waals surface area contributed by atoms with E-state index in [0.29, 0.717) is 19.0 Å². The molecule has 1 fully saturated rings. The maximum absolute atomic E-state index is 11.6. The fourth-order valence-corrected chi connectivity index (χ4v) is 3.99. The van der Waals surface area contributed by atoms with Crippen LogP contribution in [0, 0.1) is 12.8 Å². The van der Waals surface area contributed by atoms with Gasteiger partial charge in [0, 0.05) is 24.2 Å². The highest BCUT2D eigenvalue weighted by atomic mass is 35.5. The van der Waals surface area contributed by atoms with Crippen LogP contribution in [0.25, 0.3) is 0 Å². The van der Waals surface area contributed by atoms with Crippen LogP contribution in [0.2, 0.25) is 5.02 Å². The number of sulfonamides is 1. The Kier molecular flexibility index (Phi) is 5.30. The molecule has 118 valence electrons. The molecule has 1 aliphatic rings. The monoisotopic (exact) mass is 330 g/mol. The first-order valence-corrected chi connectivity index (χ1v) is 9.46. The van der Waals surface area contributed by atoms with E-state index in [-0.39, 0.29) is 6.04 Å². The number of halogens is 1. The summed E-state index contributed by atoms with van der Waals surface area (Å²) in [6, 6.07) is 5.79. The minimum atomic E-state index is -3.10. The summed E-state index contributed by atoms with van der Waals surface area (Å²) in [5, 5.41) is 0.726. The quantitative estimate of drug-likeness (QED) is 0.923. The summed E-state index contributed by atoms with van der Waals surface area (Å²) in [5.74, 6) is 0.309. The lowest BCUT2D eigenvalue weighted by molar-refractivity contribution is 0.247. The van der Waals surface area contributed by atoms with E-state index in [1.165, 1.54) is 6.26 Å². The molecule has 0 saturated carbocycles. The zero-order valence-corrected chi connectivity index (χ0v) is 14.1. The molecule has 6 heteroatoms. The Balaban J connectivity index is 2.02. The minimum Gasteiger partial charge on any atom is -0.324 e. The number of aryl methyl sites for hydroxylation is 1. The molecular weight excluding hydrogens is 308 g/mol. The fourth-order valence-electron chi connectivity index (χ4n) is 2.86. The molecule has 0 spiro atoms. The van der Waals surface area contributed by atoms with Crippen molar-refractivity contribution in [2.75, 3.05) is 19.3 Å². The molecule has 0 bridgehead atoms. The molecular formula is C15H23ClN2O2S. The molecule has 1 aliphatic heterocycles. The Bertz CT molecular complexity index is 604. The second kappa shape index (κ2) is 6.65. The molecule has 4 nitrogen and oxygen atoms in total. The molecule has 2 rings (SSSR count). The largest absolute Gasteiger partial charge is 0.324 e. The van der Waals surface area contributed by atoms with Gasteiger partial charge in [-0.15, -0.1) is 0 Å². The van der Waals surface area contributed by atoms with E-state index in [2.05, 4.69) is 0 Å². The smallest absolute Gasteiger partial charge is 0.211 e. The highest BCUT2D eigenvalue weighted by Gasteiger charge is 2.27. The lowest BCUT2D eigenvalue weighted by atomic mass is 9.90. The van der Waals surface area contributed by atoms with Gasteiger partial charge in [0.25, 0.3) is 0 Å². The van der Waals surface area contributed by atoms with Crippen LogP contribution < -0.4 is 5.73 Å². The Morgan fingerprint density at radius 2 is 2.19 bits per heavy atom. The lowest BCUT2D eigenvalue weighted by Gasteiger charge is -2.32. The van der Waals surface area contributed by atoms with Crippen molar-refractivity contribution in [2.45, 2.75) is 32.2 Å². The summed E-state index contributed by atoms with van der Waals surface area (Å²) < 4.78 is 24.9. The van der Waals surface area contributed by atoms with Gasteiger partial charge in [0.15, 0.2) is 0 Å². The Morgan fingerprint density at radius 1 is 1.48 bits per heavy atom. The van der Waals surface area contributed by atoms with Crippen LogP contribution in [-0.4, -0.2) is 32.1 Å². The molecule has 0 radical (unpaired) electrons. The number of hydrogen-bond acceptors (Lipinski definition) is 3. The molecule has 2 atom stereocenters. The fraction of sp³-hybridized carbons (Fsp3) is 0.600. The van der Waals surface area contributed by atoms with Crippen molar-refractivity contribution >= 4 is 21.6 Å². The first-order chi connectivity index (χ1) is 9.77. The molecule has 2 unspecified atom stereocenters. The number of hydrogen-bond donors (Lipinski definition) is 1. The molecule has 0 amide bonds. The molecule has 0 aliphatic carbocycles. The number of piperidine rings is 1. The summed E-state index contributed by atoms with van der Waals surface area (Å²) in [6.07, 6.45) is 3.99. The highest BCUT2D eigenvalue weighted by Crippen LogP contribution is 2.29. The van der Waals surface area contributed by atoms with Crippen LogP contribution in [-0.2, 0) is 10.0 Å². The Hall–Kier alpha value is -0.620. The molecule has 21 heavy (non-hydrogen) atoms. The van der Waals surface area contributed by atoms with Gasteiger partial charge in [-0.3, -0.25) is 0 Å². The van der Waals surface area contributed by atoms with E-state index >= 15 is 0 Å². The van der Waals surface area contributed by atoms with Crippen LogP contribution in [0.3, 0.4) is 0 Å². The lowest BCUT2D eigenvalue weighted by Crippen LogP contribution is -2.40. The molecule has 1 heterocycles. The van der Waals surface area contributed by atoms with Crippen molar-refractivity contribution in [1.82, 2.24) is 4.31 Å². The zero-order chi connectivity index (χ0) is 15.6. The summed E-state index contributed by atoms with van der Waals surface area (Å²) in [4.78, 5) is 0. The Labute approximate surface area is 132 Å². The average Bonchev–Trinajstić information content (AvgIpc) is 2.41. The van der Waals surface area contributed by atoms with Gasteiger partial charge in [0.1, 0.15) is 0 Å². The van der Waals surface area contributed by atoms with E-state index in [1.807, 2.05) is 25.1 Å². The third-order valence-electron chi connectivity index (χ3n) is 4.16. The second-order valence-electron chi connectivity index (χ2n) is 5.98. The molecule has 0 aromatic heterocycles. The van der Waals surface area contributed by atoms with Crippen LogP contribution in [0.15, 0.2) is 18.2 Å². The average molecular weight is 331 g/mol. The van der Waals surface area contributed by atoms with Crippen LogP contribution in [0.5, 0.6) is 0 Å². The second-order valence-corrected chi connectivity index (χ2v) is 8.37. The standard InChI is InChI=1S/C15H23ClN2O2S/c1-11-5-6-13(9-14(11)16)15(17)8-12-4-3-7-18(10-12)21(2,19)20/h5-6,9,12,15H,3-4,7-8,10,17H2,1-2H3. The highest BCUT2D eigenvalue weighted by molar-refractivity contribution is 7.88. The van der Waals surface area contributed by atoms with Crippen LogP contribution in [0.1, 0.15) is 36.4 Å². The van der Waals surface area contributed by atoms with E-state index in [0.717, 1.165) is 35.4 Å². The predicted molar refractivity (Wildman–Crippen MR) is 86.9 cm³/mol. The maximum Gasteiger partial charge on any atom is 0.211 e. The van der Waals surface area contributed by atoms with Gasteiger partial charge in [-0.1, -0.05) is 23.7 Å². The van der Waals surface area contributed by atoms with Crippen molar-refractivity contribution in [3.05, 3.63) is 34.3 Å². The van der Waals surface area contributed by atoms with Crippen LogP contribution >= 0.6 is 11.6 Å². The Morgan fingerprint density at radius 3 is 2.81 bits per heavy atom. The minimum absolute atomic E-state index is 0.104. The van der Waals surface area contributed by atoms with Crippen molar-refractivity contribution < 1.29 is 8.42 Å². The third kappa shape index (κ3) is 4.42. The van der Waals surface area contributed by atoms with Crippen molar-refractivity contribution in [2.24, 2.45) is 11.7 Å². The zero-order valence-electron chi connectivity index (χ0n) is 12.5. The van der Waals surface area contributed by atoms with E-state index in [4.69, 9.17) is 17.3 Å². The van der Waals surface area contributed by atoms with Gasteiger partial charge in [0.2, 0.25) is 10.0 Å². The van der Waals surface area contributed by atoms with Crippen molar-refractivity contribution in [3.8, 4) is 0 Å². The summed E-state index contributed by atoms with van der Waals surface area (Å²) in [5.41, 5.74) is 8.32. The van der Waals surface area contributed by atoms with Gasteiger partial charge in [-0.25, -0.2) is 12.7 Å². The predicted octanol–water partition coefficient (Wildman–Crippen LogP) is 2.71. The van der Waals surface area contributed by atoms with Gasteiger partial charge in [-0.2, -0.15) is 0 Å². The number of benzene rings is 1. The SMILES string of the molecule is Cc1ccc(C(N)CC2CCCN(S(C)(=O)=O)C2)cc1Cl. The van der Waals surface area contributed by atoms with Crippen LogP contribution in [0.4, 0.5) is 0 Å². The summed E-state index contributed by atoms with van der Waals surface area (Å²) >= 11 is 6.14. The van der Waals surface area contributed by atoms with Gasteiger partial charge < -0.3 is 5.73 Å². The van der Waals surface area contributed by atoms with Crippen molar-refractivity contribution in [1.29, 1.82) is 0 Å². The number of nitrogens with two attached hydrogens (primary N) is 1. The molecule has 1 aromatic rings. The van der Waals surface area contributed by atoms with E-state index in [1.54, 1.807) is 4.31 Å². The molecule has 2 N–H and O–H groups in total. The van der Waals surface area contributed by atoms with Crippen molar-refractivity contribution in [3.63, 3.8) is 0 Å². The normalized spacial score (nSPS) is 22.2. The summed E-state index contributed by atoms with van der Waals surface area (Å²) in [7, 11) is -3.10. The van der Waals surface area contributed by atoms with Gasteiger partial charge in [0.05, 0.1) is 6.26 Å². The van der Waals surface area contributed by atoms with E-state index < -0.39 is 10.0 Å². The molecule has 1 saturated heterocycles. The first-order valence-electron chi connectivity index (χ1n) is 7.24. The first kappa shape index (κ1) is 16.7. The molecule has 1 aromatic carbocycles. The van der Waals surface area contributed by atoms with E-state index in [9.17, 15) is 8.42 Å².